The fraction of sp³-hybridized carbons (Fsp3) is 0.385. The molecule has 3 aromatic rings. The second-order valence-electron chi connectivity index (χ2n) is 9.03. The molecule has 2 atom stereocenters. The van der Waals surface area contributed by atoms with Gasteiger partial charge in [-0.2, -0.15) is 0 Å². The van der Waals surface area contributed by atoms with Gasteiger partial charge in [-0.1, -0.05) is 31.4 Å². The Morgan fingerprint density at radius 2 is 1.77 bits per heavy atom. The molecule has 0 unspecified atom stereocenters. The van der Waals surface area contributed by atoms with E-state index in [1.807, 2.05) is 12.3 Å². The fourth-order valence-electron chi connectivity index (χ4n) is 5.27. The minimum atomic E-state index is 0.0109. The number of pyridine rings is 1. The van der Waals surface area contributed by atoms with E-state index < -0.39 is 0 Å². The van der Waals surface area contributed by atoms with Crippen LogP contribution in [0, 0.1) is 13.8 Å². The van der Waals surface area contributed by atoms with E-state index in [1.165, 1.54) is 48.8 Å². The first-order valence-electron chi connectivity index (χ1n) is 11.4. The van der Waals surface area contributed by atoms with Gasteiger partial charge in [0, 0.05) is 30.3 Å². The maximum atomic E-state index is 5.88. The Bertz CT molecular complexity index is 1050. The zero-order valence-electron chi connectivity index (χ0n) is 18.3. The van der Waals surface area contributed by atoms with Crippen molar-refractivity contribution >= 4 is 23.0 Å². The molecule has 1 saturated carbocycles. The van der Waals surface area contributed by atoms with Crippen molar-refractivity contribution in [2.45, 2.75) is 64.1 Å². The van der Waals surface area contributed by atoms with Crippen molar-refractivity contribution < 1.29 is 0 Å². The van der Waals surface area contributed by atoms with Crippen LogP contribution in [0.3, 0.4) is 0 Å². The number of anilines is 1. The number of aryl methyl sites for hydroxylation is 2. The summed E-state index contributed by atoms with van der Waals surface area (Å²) in [6, 6.07) is 15.7. The number of hydrogen-bond acceptors (Lipinski definition) is 2. The van der Waals surface area contributed by atoms with Crippen molar-refractivity contribution in [3.05, 3.63) is 83.4 Å². The van der Waals surface area contributed by atoms with Gasteiger partial charge in [-0.3, -0.25) is 4.98 Å². The molecule has 2 fully saturated rings. The van der Waals surface area contributed by atoms with Crippen molar-refractivity contribution in [1.29, 1.82) is 0 Å². The molecule has 31 heavy (non-hydrogen) atoms. The van der Waals surface area contributed by atoms with Gasteiger partial charge >= 0.3 is 0 Å². The zero-order valence-corrected chi connectivity index (χ0v) is 19.1. The van der Waals surface area contributed by atoms with Gasteiger partial charge in [0.2, 0.25) is 0 Å². The van der Waals surface area contributed by atoms with Gasteiger partial charge in [0.25, 0.3) is 0 Å². The van der Waals surface area contributed by atoms with Crippen molar-refractivity contribution in [2.75, 3.05) is 4.90 Å². The highest BCUT2D eigenvalue weighted by Gasteiger charge is 2.41. The molecule has 4 nitrogen and oxygen atoms in total. The summed E-state index contributed by atoms with van der Waals surface area (Å²) in [7, 11) is 0. The molecule has 0 radical (unpaired) electrons. The van der Waals surface area contributed by atoms with Crippen LogP contribution < -0.4 is 10.2 Å². The smallest absolute Gasteiger partial charge is 0.174 e. The number of aromatic nitrogens is 2. The minimum absolute atomic E-state index is 0.0109. The van der Waals surface area contributed by atoms with Crippen LogP contribution in [-0.2, 0) is 0 Å². The molecule has 1 aromatic carbocycles. The van der Waals surface area contributed by atoms with Crippen LogP contribution in [0.2, 0.25) is 0 Å². The molecule has 5 heteroatoms. The predicted molar refractivity (Wildman–Crippen MR) is 130 cm³/mol. The summed E-state index contributed by atoms with van der Waals surface area (Å²) in [5.74, 6) is 0. The lowest BCUT2D eigenvalue weighted by Gasteiger charge is -2.28. The minimum Gasteiger partial charge on any atom is -0.351 e. The van der Waals surface area contributed by atoms with Crippen molar-refractivity contribution in [3.63, 3.8) is 0 Å². The maximum absolute atomic E-state index is 5.88. The van der Waals surface area contributed by atoms with Gasteiger partial charge in [-0.05, 0) is 85.9 Å². The summed E-state index contributed by atoms with van der Waals surface area (Å²) in [5.41, 5.74) is 5.94. The van der Waals surface area contributed by atoms with Crippen molar-refractivity contribution in [2.24, 2.45) is 0 Å². The van der Waals surface area contributed by atoms with Gasteiger partial charge < -0.3 is 14.8 Å². The van der Waals surface area contributed by atoms with Crippen LogP contribution >= 0.6 is 12.2 Å². The SMILES string of the molecule is Cc1cc(C)cc(N2C(=S)N[C@H](c3ccccn3)[C@H]2c2ccn(C3CCCCC3)c2)c1. The maximum Gasteiger partial charge on any atom is 0.174 e. The quantitative estimate of drug-likeness (QED) is 0.501. The molecule has 5 rings (SSSR count). The van der Waals surface area contributed by atoms with E-state index in [1.54, 1.807) is 0 Å². The third-order valence-corrected chi connectivity index (χ3v) is 6.97. The van der Waals surface area contributed by atoms with Gasteiger partial charge in [0.05, 0.1) is 17.8 Å². The Morgan fingerprint density at radius 3 is 2.48 bits per heavy atom. The molecule has 160 valence electrons. The second kappa shape index (κ2) is 8.46. The zero-order chi connectivity index (χ0) is 21.4. The van der Waals surface area contributed by atoms with Crippen LogP contribution in [0.5, 0.6) is 0 Å². The van der Waals surface area contributed by atoms with Crippen LogP contribution in [-0.4, -0.2) is 14.7 Å². The van der Waals surface area contributed by atoms with E-state index in [4.69, 9.17) is 12.2 Å². The molecule has 0 bridgehead atoms. The number of nitrogens with one attached hydrogen (secondary N) is 1. The van der Waals surface area contributed by atoms with E-state index in [0.717, 1.165) is 16.5 Å². The number of thiocarbonyl (C=S) groups is 1. The van der Waals surface area contributed by atoms with Crippen molar-refractivity contribution in [1.82, 2.24) is 14.9 Å². The Kier molecular flexibility index (Phi) is 5.53. The first-order chi connectivity index (χ1) is 15.1. The Morgan fingerprint density at radius 1 is 1.00 bits per heavy atom. The van der Waals surface area contributed by atoms with Crippen molar-refractivity contribution in [3.8, 4) is 0 Å². The fourth-order valence-corrected chi connectivity index (χ4v) is 5.62. The molecule has 0 spiro atoms. The molecule has 1 N–H and O–H groups in total. The molecular formula is C26H30N4S. The molecule has 1 aliphatic heterocycles. The summed E-state index contributed by atoms with van der Waals surface area (Å²) in [4.78, 5) is 6.96. The monoisotopic (exact) mass is 430 g/mol. The van der Waals surface area contributed by atoms with E-state index in [2.05, 4.69) is 82.4 Å². The number of hydrogen-bond donors (Lipinski definition) is 1. The van der Waals surface area contributed by atoms with Crippen LogP contribution in [0.4, 0.5) is 5.69 Å². The highest BCUT2D eigenvalue weighted by molar-refractivity contribution is 7.80. The van der Waals surface area contributed by atoms with Crippen LogP contribution in [0.15, 0.2) is 61.1 Å². The summed E-state index contributed by atoms with van der Waals surface area (Å²) in [5, 5.41) is 4.34. The molecule has 0 amide bonds. The van der Waals surface area contributed by atoms with Gasteiger partial charge in [0.15, 0.2) is 5.11 Å². The number of benzene rings is 1. The van der Waals surface area contributed by atoms with Crippen LogP contribution in [0.25, 0.3) is 0 Å². The number of nitrogens with zero attached hydrogens (tertiary/aromatic N) is 3. The van der Waals surface area contributed by atoms with Gasteiger partial charge in [-0.15, -0.1) is 0 Å². The Balaban J connectivity index is 1.57. The average Bonchev–Trinajstić information content (AvgIpc) is 3.39. The lowest BCUT2D eigenvalue weighted by Crippen LogP contribution is -2.29. The number of rotatable bonds is 4. The topological polar surface area (TPSA) is 33.1 Å². The highest BCUT2D eigenvalue weighted by atomic mass is 32.1. The molecular weight excluding hydrogens is 400 g/mol. The van der Waals surface area contributed by atoms with E-state index >= 15 is 0 Å². The normalized spacial score (nSPS) is 22.0. The molecule has 1 saturated heterocycles. The highest BCUT2D eigenvalue weighted by Crippen LogP contribution is 2.42. The van der Waals surface area contributed by atoms with Crippen LogP contribution in [0.1, 0.15) is 72.6 Å². The Labute approximate surface area is 190 Å². The second-order valence-corrected chi connectivity index (χ2v) is 9.41. The lowest BCUT2D eigenvalue weighted by atomic mass is 9.95. The van der Waals surface area contributed by atoms with E-state index in [0.29, 0.717) is 6.04 Å². The van der Waals surface area contributed by atoms with Gasteiger partial charge in [0.1, 0.15) is 0 Å². The van der Waals surface area contributed by atoms with E-state index in [-0.39, 0.29) is 12.1 Å². The van der Waals surface area contributed by atoms with E-state index in [9.17, 15) is 0 Å². The molecule has 2 aromatic heterocycles. The predicted octanol–water partition coefficient (Wildman–Crippen LogP) is 6.18. The molecule has 1 aliphatic carbocycles. The lowest BCUT2D eigenvalue weighted by molar-refractivity contribution is 0.353. The average molecular weight is 431 g/mol. The third kappa shape index (κ3) is 3.99. The first kappa shape index (κ1) is 20.3. The largest absolute Gasteiger partial charge is 0.351 e. The third-order valence-electron chi connectivity index (χ3n) is 6.66. The first-order valence-corrected chi connectivity index (χ1v) is 11.8. The van der Waals surface area contributed by atoms with Gasteiger partial charge in [-0.25, -0.2) is 0 Å². The molecule has 2 aliphatic rings. The Hall–Kier alpha value is -2.66. The summed E-state index contributed by atoms with van der Waals surface area (Å²) in [6.45, 7) is 4.29. The standard InChI is InChI=1S/C26H30N4S/c1-18-14-19(2)16-22(15-18)30-25(24(28-26(30)31)23-10-6-7-12-27-23)20-11-13-29(17-20)21-8-4-3-5-9-21/h6-7,10-17,21,24-25H,3-5,8-9H2,1-2H3,(H,28,31)/t24-,25-/m1/s1. The summed E-state index contributed by atoms with van der Waals surface area (Å²) in [6.07, 6.45) is 13.1. The summed E-state index contributed by atoms with van der Waals surface area (Å²) >= 11 is 5.88. The summed E-state index contributed by atoms with van der Waals surface area (Å²) < 4.78 is 2.44. The molecule has 3 heterocycles.